The molecule has 0 radical (unpaired) electrons. The van der Waals surface area contributed by atoms with Crippen molar-refractivity contribution < 1.29 is 19.1 Å². The van der Waals surface area contributed by atoms with E-state index in [-0.39, 0.29) is 30.8 Å². The van der Waals surface area contributed by atoms with Crippen molar-refractivity contribution in [3.05, 3.63) is 12.2 Å². The Balaban J connectivity index is 3.64. The summed E-state index contributed by atoms with van der Waals surface area (Å²) in [6.07, 6.45) is -0.0535. The second-order valence-electron chi connectivity index (χ2n) is 2.82. The zero-order chi connectivity index (χ0) is 11.1. The van der Waals surface area contributed by atoms with Crippen LogP contribution in [0, 0.1) is 0 Å². The second kappa shape index (κ2) is 5.90. The Hall–Kier alpha value is -1.65. The number of rotatable bonds is 6. The molecule has 0 aliphatic rings. The van der Waals surface area contributed by atoms with Gasteiger partial charge in [0.05, 0.1) is 6.61 Å². The van der Waals surface area contributed by atoms with Gasteiger partial charge in [-0.3, -0.25) is 14.4 Å². The van der Waals surface area contributed by atoms with E-state index >= 15 is 0 Å². The molecular weight excluding hydrogens is 186 g/mol. The Labute approximate surface area is 81.9 Å². The van der Waals surface area contributed by atoms with Crippen molar-refractivity contribution in [1.82, 2.24) is 0 Å². The van der Waals surface area contributed by atoms with Crippen molar-refractivity contribution in [3.63, 3.8) is 0 Å². The quantitative estimate of drug-likeness (QED) is 0.369. The van der Waals surface area contributed by atoms with Crippen LogP contribution in [0.4, 0.5) is 0 Å². The third kappa shape index (κ3) is 5.93. The fraction of sp³-hybridized carbons (Fsp3) is 0.444. The van der Waals surface area contributed by atoms with Gasteiger partial charge in [0.25, 0.3) is 0 Å². The fourth-order valence-electron chi connectivity index (χ4n) is 0.666. The topological polar surface area (TPSA) is 86.5 Å². The van der Waals surface area contributed by atoms with E-state index in [2.05, 4.69) is 11.3 Å². The lowest BCUT2D eigenvalue weighted by Crippen LogP contribution is -2.16. The molecule has 0 saturated heterocycles. The first-order valence-corrected chi connectivity index (χ1v) is 4.06. The molecule has 0 fully saturated rings. The van der Waals surface area contributed by atoms with Gasteiger partial charge in [0.2, 0.25) is 5.91 Å². The van der Waals surface area contributed by atoms with Crippen molar-refractivity contribution >= 4 is 17.7 Å². The molecule has 0 atom stereocenters. The maximum absolute atomic E-state index is 10.8. The number of primary amides is 1. The van der Waals surface area contributed by atoms with Crippen LogP contribution < -0.4 is 5.73 Å². The van der Waals surface area contributed by atoms with Crippen LogP contribution in [0.2, 0.25) is 0 Å². The number of amides is 1. The van der Waals surface area contributed by atoms with Crippen LogP contribution in [0.1, 0.15) is 19.8 Å². The SMILES string of the molecule is C=C(CCOC(=O)CC(C)=O)C(N)=O. The molecular formula is C9H13NO4. The number of carbonyl (C=O) groups is 3. The normalized spacial score (nSPS) is 9.21. The number of hydrogen-bond donors (Lipinski definition) is 1. The first kappa shape index (κ1) is 12.3. The number of nitrogens with two attached hydrogens (primary N) is 1. The monoisotopic (exact) mass is 199 g/mol. The van der Waals surface area contributed by atoms with Gasteiger partial charge in [0.1, 0.15) is 12.2 Å². The van der Waals surface area contributed by atoms with E-state index in [1.165, 1.54) is 6.92 Å². The number of esters is 1. The molecule has 0 aliphatic heterocycles. The molecule has 0 saturated carbocycles. The van der Waals surface area contributed by atoms with Gasteiger partial charge < -0.3 is 10.5 Å². The summed E-state index contributed by atoms with van der Waals surface area (Å²) in [6, 6.07) is 0. The molecule has 0 aromatic carbocycles. The lowest BCUT2D eigenvalue weighted by atomic mass is 10.2. The van der Waals surface area contributed by atoms with Crippen LogP contribution in [-0.4, -0.2) is 24.3 Å². The van der Waals surface area contributed by atoms with Gasteiger partial charge in [-0.1, -0.05) is 6.58 Å². The Morgan fingerprint density at radius 1 is 1.36 bits per heavy atom. The molecule has 14 heavy (non-hydrogen) atoms. The Kier molecular flexibility index (Phi) is 5.21. The molecule has 0 rings (SSSR count). The van der Waals surface area contributed by atoms with Gasteiger partial charge in [0, 0.05) is 12.0 Å². The van der Waals surface area contributed by atoms with E-state index in [1.54, 1.807) is 0 Å². The van der Waals surface area contributed by atoms with Crippen LogP contribution in [0.25, 0.3) is 0 Å². The van der Waals surface area contributed by atoms with Crippen LogP contribution in [-0.2, 0) is 19.1 Å². The van der Waals surface area contributed by atoms with Gasteiger partial charge in [-0.05, 0) is 6.92 Å². The van der Waals surface area contributed by atoms with Gasteiger partial charge >= 0.3 is 5.97 Å². The summed E-state index contributed by atoms with van der Waals surface area (Å²) in [7, 11) is 0. The minimum absolute atomic E-state index is 0.0217. The maximum Gasteiger partial charge on any atom is 0.313 e. The van der Waals surface area contributed by atoms with Crippen LogP contribution in [0.3, 0.4) is 0 Å². The molecule has 0 bridgehead atoms. The third-order valence-electron chi connectivity index (χ3n) is 1.41. The Bertz CT molecular complexity index is 270. The Morgan fingerprint density at radius 3 is 2.36 bits per heavy atom. The molecule has 78 valence electrons. The largest absolute Gasteiger partial charge is 0.465 e. The summed E-state index contributed by atoms with van der Waals surface area (Å²) < 4.78 is 4.65. The van der Waals surface area contributed by atoms with Crippen molar-refractivity contribution in [2.45, 2.75) is 19.8 Å². The van der Waals surface area contributed by atoms with Gasteiger partial charge in [-0.25, -0.2) is 0 Å². The highest BCUT2D eigenvalue weighted by Gasteiger charge is 2.07. The molecule has 0 heterocycles. The van der Waals surface area contributed by atoms with Crippen molar-refractivity contribution in [3.8, 4) is 0 Å². The minimum atomic E-state index is -0.618. The van der Waals surface area contributed by atoms with Crippen LogP contribution in [0.15, 0.2) is 12.2 Å². The third-order valence-corrected chi connectivity index (χ3v) is 1.41. The molecule has 5 heteroatoms. The molecule has 0 aromatic rings. The summed E-state index contributed by atoms with van der Waals surface area (Å²) in [6.45, 7) is 4.70. The average molecular weight is 199 g/mol. The molecule has 0 unspecified atom stereocenters. The second-order valence-corrected chi connectivity index (χ2v) is 2.82. The average Bonchev–Trinajstić information content (AvgIpc) is 2.02. The summed E-state index contributed by atoms with van der Waals surface area (Å²) in [5.41, 5.74) is 5.10. The van der Waals surface area contributed by atoms with E-state index in [1.807, 2.05) is 0 Å². The van der Waals surface area contributed by atoms with Crippen LogP contribution in [0.5, 0.6) is 0 Å². The number of ketones is 1. The summed E-state index contributed by atoms with van der Waals surface area (Å²) >= 11 is 0. The van der Waals surface area contributed by atoms with E-state index < -0.39 is 11.9 Å². The smallest absolute Gasteiger partial charge is 0.313 e. The van der Waals surface area contributed by atoms with E-state index in [9.17, 15) is 14.4 Å². The van der Waals surface area contributed by atoms with E-state index in [0.29, 0.717) is 0 Å². The standard InChI is InChI=1S/C9H13NO4/c1-6(9(10)13)3-4-14-8(12)5-7(2)11/h1,3-5H2,2H3,(H2,10,13). The molecule has 0 spiro atoms. The number of carbonyl (C=O) groups excluding carboxylic acids is 3. The molecule has 5 nitrogen and oxygen atoms in total. The zero-order valence-corrected chi connectivity index (χ0v) is 8.04. The molecule has 1 amide bonds. The number of ether oxygens (including phenoxy) is 1. The predicted molar refractivity (Wildman–Crippen MR) is 49.2 cm³/mol. The zero-order valence-electron chi connectivity index (χ0n) is 8.04. The first-order chi connectivity index (χ1) is 6.43. The molecule has 2 N–H and O–H groups in total. The summed E-state index contributed by atoms with van der Waals surface area (Å²) in [5, 5.41) is 0. The first-order valence-electron chi connectivity index (χ1n) is 4.06. The Morgan fingerprint density at radius 2 is 1.93 bits per heavy atom. The highest BCUT2D eigenvalue weighted by Crippen LogP contribution is 1.98. The van der Waals surface area contributed by atoms with Gasteiger partial charge in [-0.2, -0.15) is 0 Å². The number of Topliss-reactive ketones (excluding diaryl/α,β-unsaturated/α-hetero) is 1. The lowest BCUT2D eigenvalue weighted by molar-refractivity contribution is -0.145. The summed E-state index contributed by atoms with van der Waals surface area (Å²) in [5.74, 6) is -1.48. The highest BCUT2D eigenvalue weighted by atomic mass is 16.5. The van der Waals surface area contributed by atoms with Crippen LogP contribution >= 0.6 is 0 Å². The van der Waals surface area contributed by atoms with E-state index in [0.717, 1.165) is 0 Å². The van der Waals surface area contributed by atoms with Gasteiger partial charge in [-0.15, -0.1) is 0 Å². The molecule has 0 aliphatic carbocycles. The minimum Gasteiger partial charge on any atom is -0.465 e. The van der Waals surface area contributed by atoms with Crippen molar-refractivity contribution in [2.75, 3.05) is 6.61 Å². The lowest BCUT2D eigenvalue weighted by Gasteiger charge is -2.03. The van der Waals surface area contributed by atoms with E-state index in [4.69, 9.17) is 5.73 Å². The summed E-state index contributed by atoms with van der Waals surface area (Å²) in [4.78, 5) is 31.8. The molecule has 0 aromatic heterocycles. The fourth-order valence-corrected chi connectivity index (χ4v) is 0.666. The highest BCUT2D eigenvalue weighted by molar-refractivity contribution is 5.94. The van der Waals surface area contributed by atoms with Crippen molar-refractivity contribution in [2.24, 2.45) is 5.73 Å². The maximum atomic E-state index is 10.8. The van der Waals surface area contributed by atoms with Crippen molar-refractivity contribution in [1.29, 1.82) is 0 Å². The number of hydrogen-bond acceptors (Lipinski definition) is 4. The van der Waals surface area contributed by atoms with Gasteiger partial charge in [0.15, 0.2) is 0 Å². The predicted octanol–water partition coefficient (Wildman–Crippen LogP) is -0.0597.